The number of phenols is 2. The number of methoxy groups -OCH3 is 1. The monoisotopic (exact) mass is 294 g/mol. The fraction of sp³-hybridized carbons (Fsp3) is 0.529. The van der Waals surface area contributed by atoms with E-state index in [0.29, 0.717) is 17.5 Å². The Morgan fingerprint density at radius 3 is 2.10 bits per heavy atom. The van der Waals surface area contributed by atoms with Crippen molar-refractivity contribution in [2.45, 2.75) is 53.6 Å². The van der Waals surface area contributed by atoms with Gasteiger partial charge in [-0.05, 0) is 48.0 Å². The minimum Gasteiger partial charge on any atom is -0.504 e. The summed E-state index contributed by atoms with van der Waals surface area (Å²) in [5.74, 6) is 0.382. The van der Waals surface area contributed by atoms with Gasteiger partial charge in [-0.1, -0.05) is 11.6 Å². The first-order valence-corrected chi connectivity index (χ1v) is 7.02. The van der Waals surface area contributed by atoms with Crippen molar-refractivity contribution in [1.29, 1.82) is 0 Å². The predicted molar refractivity (Wildman–Crippen MR) is 84.6 cm³/mol. The van der Waals surface area contributed by atoms with E-state index in [1.807, 2.05) is 40.7 Å². The van der Waals surface area contributed by atoms with Crippen LogP contribution in [0.5, 0.6) is 23.0 Å². The van der Waals surface area contributed by atoms with Crippen LogP contribution in [0.3, 0.4) is 0 Å². The van der Waals surface area contributed by atoms with Gasteiger partial charge in [0.25, 0.3) is 0 Å². The normalized spacial score (nSPS) is 11.2. The van der Waals surface area contributed by atoms with Gasteiger partial charge in [-0.15, -0.1) is 0 Å². The first-order chi connectivity index (χ1) is 9.58. The van der Waals surface area contributed by atoms with Gasteiger partial charge >= 0.3 is 0 Å². The number of hydrogen-bond donors (Lipinski definition) is 2. The topological polar surface area (TPSA) is 58.9 Å². The number of phenolic OH excluding ortho intramolecular Hbond substituents is 2. The van der Waals surface area contributed by atoms with Gasteiger partial charge in [0.05, 0.1) is 7.11 Å². The van der Waals surface area contributed by atoms with Crippen molar-refractivity contribution in [2.24, 2.45) is 0 Å². The van der Waals surface area contributed by atoms with E-state index < -0.39 is 5.60 Å². The lowest BCUT2D eigenvalue weighted by atomic mass is 10.00. The third-order valence-electron chi connectivity index (χ3n) is 3.06. The molecule has 21 heavy (non-hydrogen) atoms. The number of rotatable bonds is 4. The quantitative estimate of drug-likeness (QED) is 0.648. The molecule has 0 atom stereocenters. The minimum absolute atomic E-state index is 0.00621. The lowest BCUT2D eigenvalue weighted by Crippen LogP contribution is -2.23. The maximum Gasteiger partial charge on any atom is 0.208 e. The van der Waals surface area contributed by atoms with Crippen molar-refractivity contribution in [3.63, 3.8) is 0 Å². The third-order valence-corrected chi connectivity index (χ3v) is 3.06. The molecule has 0 heterocycles. The van der Waals surface area contributed by atoms with Crippen LogP contribution in [0, 0.1) is 6.92 Å². The van der Waals surface area contributed by atoms with E-state index >= 15 is 0 Å². The van der Waals surface area contributed by atoms with Crippen molar-refractivity contribution < 1.29 is 19.7 Å². The van der Waals surface area contributed by atoms with E-state index in [4.69, 9.17) is 9.47 Å². The molecule has 0 amide bonds. The summed E-state index contributed by atoms with van der Waals surface area (Å²) in [4.78, 5) is 0. The Balaban J connectivity index is 3.50. The van der Waals surface area contributed by atoms with Crippen LogP contribution in [-0.2, 0) is 6.42 Å². The molecule has 0 saturated carbocycles. The van der Waals surface area contributed by atoms with Gasteiger partial charge in [0, 0.05) is 11.1 Å². The van der Waals surface area contributed by atoms with Crippen LogP contribution in [0.15, 0.2) is 11.6 Å². The van der Waals surface area contributed by atoms with E-state index in [0.717, 1.165) is 5.57 Å². The van der Waals surface area contributed by atoms with Crippen LogP contribution < -0.4 is 9.47 Å². The highest BCUT2D eigenvalue weighted by atomic mass is 16.5. The number of ether oxygens (including phenoxy) is 2. The van der Waals surface area contributed by atoms with E-state index in [2.05, 4.69) is 0 Å². The maximum absolute atomic E-state index is 10.5. The second kappa shape index (κ2) is 6.29. The van der Waals surface area contributed by atoms with Crippen LogP contribution in [0.4, 0.5) is 0 Å². The highest BCUT2D eigenvalue weighted by Crippen LogP contribution is 2.49. The summed E-state index contributed by atoms with van der Waals surface area (Å²) in [6, 6.07) is 0. The molecule has 0 radical (unpaired) electrons. The van der Waals surface area contributed by atoms with E-state index in [9.17, 15) is 10.2 Å². The van der Waals surface area contributed by atoms with E-state index in [1.54, 1.807) is 6.92 Å². The summed E-state index contributed by atoms with van der Waals surface area (Å²) in [7, 11) is 1.44. The van der Waals surface area contributed by atoms with Crippen LogP contribution >= 0.6 is 0 Å². The highest BCUT2D eigenvalue weighted by molar-refractivity contribution is 5.66. The molecular formula is C17H26O4. The molecule has 0 aliphatic heterocycles. The Morgan fingerprint density at radius 1 is 1.10 bits per heavy atom. The zero-order valence-electron chi connectivity index (χ0n) is 14.0. The van der Waals surface area contributed by atoms with Crippen LogP contribution in [-0.4, -0.2) is 22.9 Å². The van der Waals surface area contributed by atoms with Crippen molar-refractivity contribution >= 4 is 0 Å². The Hall–Kier alpha value is -1.84. The molecule has 0 bridgehead atoms. The summed E-state index contributed by atoms with van der Waals surface area (Å²) < 4.78 is 11.0. The fourth-order valence-corrected chi connectivity index (χ4v) is 1.99. The predicted octanol–water partition coefficient (Wildman–Crippen LogP) is 4.10. The van der Waals surface area contributed by atoms with Crippen LogP contribution in [0.25, 0.3) is 0 Å². The highest BCUT2D eigenvalue weighted by Gasteiger charge is 2.26. The summed E-state index contributed by atoms with van der Waals surface area (Å²) >= 11 is 0. The van der Waals surface area contributed by atoms with Gasteiger partial charge in [0.2, 0.25) is 11.5 Å². The zero-order valence-corrected chi connectivity index (χ0v) is 14.0. The average Bonchev–Trinajstić information content (AvgIpc) is 2.34. The van der Waals surface area contributed by atoms with Gasteiger partial charge in [-0.25, -0.2) is 0 Å². The minimum atomic E-state index is -0.514. The SMILES string of the molecule is COc1c(O)c(C)c(CC=C(C)C)c(O)c1OC(C)(C)C. The number of allylic oxidation sites excluding steroid dienone is 2. The molecule has 1 aromatic carbocycles. The smallest absolute Gasteiger partial charge is 0.208 e. The van der Waals surface area contributed by atoms with Crippen molar-refractivity contribution in [3.05, 3.63) is 22.8 Å². The molecule has 1 rings (SSSR count). The first kappa shape index (κ1) is 17.2. The third kappa shape index (κ3) is 4.06. The Labute approximate surface area is 127 Å². The molecule has 0 aliphatic carbocycles. The molecule has 1 aromatic rings. The lowest BCUT2D eigenvalue weighted by Gasteiger charge is -2.25. The standard InChI is InChI=1S/C17H26O4/c1-10(2)8-9-12-11(3)13(18)15(20-7)16(14(12)19)21-17(4,5)6/h8,18-19H,9H2,1-7H3. The summed E-state index contributed by atoms with van der Waals surface area (Å²) in [5.41, 5.74) is 1.87. The molecule has 0 aromatic heterocycles. The first-order valence-electron chi connectivity index (χ1n) is 7.02. The molecule has 0 saturated heterocycles. The molecule has 118 valence electrons. The largest absolute Gasteiger partial charge is 0.504 e. The second-order valence-corrected chi connectivity index (χ2v) is 6.36. The van der Waals surface area contributed by atoms with Crippen molar-refractivity contribution in [3.8, 4) is 23.0 Å². The molecule has 0 aliphatic rings. The maximum atomic E-state index is 10.5. The summed E-state index contributed by atoms with van der Waals surface area (Å²) in [6.07, 6.45) is 2.52. The Kier molecular flexibility index (Phi) is 5.15. The van der Waals surface area contributed by atoms with Gasteiger partial charge in [-0.2, -0.15) is 0 Å². The van der Waals surface area contributed by atoms with Gasteiger partial charge in [0.1, 0.15) is 5.60 Å². The van der Waals surface area contributed by atoms with Crippen LogP contribution in [0.1, 0.15) is 45.7 Å². The van der Waals surface area contributed by atoms with Crippen molar-refractivity contribution in [2.75, 3.05) is 7.11 Å². The van der Waals surface area contributed by atoms with Crippen molar-refractivity contribution in [1.82, 2.24) is 0 Å². The summed E-state index contributed by atoms with van der Waals surface area (Å²) in [6.45, 7) is 11.4. The number of hydrogen-bond acceptors (Lipinski definition) is 4. The zero-order chi connectivity index (χ0) is 16.4. The molecule has 0 fully saturated rings. The number of aromatic hydroxyl groups is 2. The molecule has 2 N–H and O–H groups in total. The van der Waals surface area contributed by atoms with E-state index in [-0.39, 0.29) is 23.0 Å². The van der Waals surface area contributed by atoms with Gasteiger partial charge in [-0.3, -0.25) is 0 Å². The van der Waals surface area contributed by atoms with Gasteiger partial charge < -0.3 is 19.7 Å². The average molecular weight is 294 g/mol. The lowest BCUT2D eigenvalue weighted by molar-refractivity contribution is 0.119. The molecule has 4 heteroatoms. The summed E-state index contributed by atoms with van der Waals surface area (Å²) in [5, 5.41) is 20.8. The van der Waals surface area contributed by atoms with Crippen LogP contribution in [0.2, 0.25) is 0 Å². The number of benzene rings is 1. The Bertz CT molecular complexity index is 547. The Morgan fingerprint density at radius 2 is 1.67 bits per heavy atom. The molecule has 0 unspecified atom stereocenters. The molecule has 0 spiro atoms. The van der Waals surface area contributed by atoms with E-state index in [1.165, 1.54) is 7.11 Å². The second-order valence-electron chi connectivity index (χ2n) is 6.36. The fourth-order valence-electron chi connectivity index (χ4n) is 1.99. The molecule has 4 nitrogen and oxygen atoms in total. The molecular weight excluding hydrogens is 268 g/mol. The van der Waals surface area contributed by atoms with Gasteiger partial charge in [0.15, 0.2) is 11.5 Å².